The highest BCUT2D eigenvalue weighted by Crippen LogP contribution is 2.36. The lowest BCUT2D eigenvalue weighted by Gasteiger charge is -2.13. The number of hydrogen-bond acceptors (Lipinski definition) is 4. The van der Waals surface area contributed by atoms with E-state index in [-0.39, 0.29) is 0 Å². The van der Waals surface area contributed by atoms with Crippen LogP contribution in [0.5, 0.6) is 0 Å². The zero-order valence-electron chi connectivity index (χ0n) is 11.9. The van der Waals surface area contributed by atoms with Gasteiger partial charge in [-0.15, -0.1) is 11.8 Å². The molecule has 1 aliphatic rings. The molecule has 3 rings (SSSR count). The monoisotopic (exact) mass is 287 g/mol. The number of nitrogens with one attached hydrogen (secondary N) is 1. The molecule has 106 valence electrons. The largest absolute Gasteiger partial charge is 0.314 e. The van der Waals surface area contributed by atoms with Gasteiger partial charge in [0.25, 0.3) is 0 Å². The maximum Gasteiger partial charge on any atom is 0.117 e. The summed E-state index contributed by atoms with van der Waals surface area (Å²) in [6, 6.07) is 8.97. The van der Waals surface area contributed by atoms with E-state index in [9.17, 15) is 0 Å². The molecule has 1 saturated carbocycles. The quantitative estimate of drug-likeness (QED) is 0.852. The van der Waals surface area contributed by atoms with Crippen molar-refractivity contribution >= 4 is 22.7 Å². The fraction of sp³-hybridized carbons (Fsp3) is 0.500. The number of nitrogens with zero attached hydrogens (tertiary/aromatic N) is 2. The summed E-state index contributed by atoms with van der Waals surface area (Å²) in [5.74, 6) is 0. The van der Waals surface area contributed by atoms with Gasteiger partial charge in [-0.05, 0) is 38.3 Å². The van der Waals surface area contributed by atoms with Gasteiger partial charge in [-0.1, -0.05) is 25.1 Å². The predicted octanol–water partition coefficient (Wildman–Crippen LogP) is 3.64. The van der Waals surface area contributed by atoms with Crippen LogP contribution in [0.25, 0.3) is 10.9 Å². The molecule has 0 saturated heterocycles. The molecule has 2 aromatic rings. The molecule has 0 aliphatic heterocycles. The van der Waals surface area contributed by atoms with Crippen LogP contribution in [-0.4, -0.2) is 27.8 Å². The first-order valence-electron chi connectivity index (χ1n) is 7.46. The average molecular weight is 287 g/mol. The van der Waals surface area contributed by atoms with Crippen molar-refractivity contribution in [1.29, 1.82) is 0 Å². The molecule has 1 heterocycles. The van der Waals surface area contributed by atoms with Crippen LogP contribution in [0.2, 0.25) is 0 Å². The second-order valence-corrected chi connectivity index (χ2v) is 6.69. The van der Waals surface area contributed by atoms with Crippen molar-refractivity contribution in [3.05, 3.63) is 30.6 Å². The van der Waals surface area contributed by atoms with E-state index in [1.54, 1.807) is 6.33 Å². The third-order valence-corrected chi connectivity index (χ3v) is 5.16. The molecule has 2 unspecified atom stereocenters. The van der Waals surface area contributed by atoms with E-state index in [2.05, 4.69) is 40.4 Å². The highest BCUT2D eigenvalue weighted by molar-refractivity contribution is 8.00. The van der Waals surface area contributed by atoms with Crippen LogP contribution >= 0.6 is 11.8 Å². The molecule has 1 aliphatic carbocycles. The number of thioether (sulfide) groups is 1. The Balaban J connectivity index is 1.68. The van der Waals surface area contributed by atoms with Crippen LogP contribution in [0, 0.1) is 0 Å². The first-order valence-corrected chi connectivity index (χ1v) is 8.34. The number of para-hydroxylation sites is 1. The van der Waals surface area contributed by atoms with E-state index in [0.29, 0.717) is 11.3 Å². The smallest absolute Gasteiger partial charge is 0.117 e. The molecule has 0 bridgehead atoms. The maximum absolute atomic E-state index is 4.49. The molecule has 1 N–H and O–H groups in total. The van der Waals surface area contributed by atoms with Crippen molar-refractivity contribution in [2.75, 3.05) is 6.54 Å². The van der Waals surface area contributed by atoms with Crippen LogP contribution in [-0.2, 0) is 0 Å². The third-order valence-electron chi connectivity index (χ3n) is 3.85. The maximum atomic E-state index is 4.49. The predicted molar refractivity (Wildman–Crippen MR) is 85.1 cm³/mol. The number of rotatable bonds is 5. The van der Waals surface area contributed by atoms with Gasteiger partial charge in [0.2, 0.25) is 0 Å². The van der Waals surface area contributed by atoms with Gasteiger partial charge in [0, 0.05) is 16.7 Å². The fourth-order valence-electron chi connectivity index (χ4n) is 2.81. The third kappa shape index (κ3) is 3.13. The number of benzene rings is 1. The topological polar surface area (TPSA) is 37.8 Å². The molecular formula is C16H21N3S. The van der Waals surface area contributed by atoms with E-state index in [1.807, 2.05) is 17.8 Å². The Morgan fingerprint density at radius 2 is 2.15 bits per heavy atom. The van der Waals surface area contributed by atoms with Gasteiger partial charge in [0.05, 0.1) is 5.52 Å². The molecule has 1 aromatic heterocycles. The Bertz CT molecular complexity index is 567. The van der Waals surface area contributed by atoms with Crippen molar-refractivity contribution in [2.24, 2.45) is 0 Å². The normalized spacial score (nSPS) is 22.4. The summed E-state index contributed by atoms with van der Waals surface area (Å²) in [5, 5.41) is 6.64. The first-order chi connectivity index (χ1) is 9.86. The average Bonchev–Trinajstić information content (AvgIpc) is 2.93. The summed E-state index contributed by atoms with van der Waals surface area (Å²) >= 11 is 1.93. The fourth-order valence-corrected chi connectivity index (χ4v) is 4.12. The molecule has 1 fully saturated rings. The van der Waals surface area contributed by atoms with E-state index in [0.717, 1.165) is 17.1 Å². The summed E-state index contributed by atoms with van der Waals surface area (Å²) in [6.07, 6.45) is 6.73. The molecular weight excluding hydrogens is 266 g/mol. The molecule has 0 spiro atoms. The van der Waals surface area contributed by atoms with Gasteiger partial charge in [-0.3, -0.25) is 0 Å². The van der Waals surface area contributed by atoms with Crippen LogP contribution < -0.4 is 5.32 Å². The van der Waals surface area contributed by atoms with Crippen molar-refractivity contribution in [2.45, 2.75) is 48.9 Å². The van der Waals surface area contributed by atoms with Crippen LogP contribution in [0.4, 0.5) is 0 Å². The molecule has 0 radical (unpaired) electrons. The van der Waals surface area contributed by atoms with Gasteiger partial charge >= 0.3 is 0 Å². The Kier molecular flexibility index (Phi) is 4.53. The molecule has 3 nitrogen and oxygen atoms in total. The van der Waals surface area contributed by atoms with Crippen molar-refractivity contribution in [1.82, 2.24) is 15.3 Å². The minimum atomic E-state index is 0.683. The first kappa shape index (κ1) is 13.8. The highest BCUT2D eigenvalue weighted by Gasteiger charge is 2.25. The number of hydrogen-bond donors (Lipinski definition) is 1. The van der Waals surface area contributed by atoms with Gasteiger partial charge in [0.15, 0.2) is 0 Å². The van der Waals surface area contributed by atoms with E-state index in [4.69, 9.17) is 0 Å². The zero-order valence-corrected chi connectivity index (χ0v) is 12.7. The summed E-state index contributed by atoms with van der Waals surface area (Å²) in [7, 11) is 0. The minimum absolute atomic E-state index is 0.683. The number of aromatic nitrogens is 2. The minimum Gasteiger partial charge on any atom is -0.314 e. The lowest BCUT2D eigenvalue weighted by Crippen LogP contribution is -2.27. The van der Waals surface area contributed by atoms with Crippen LogP contribution in [0.3, 0.4) is 0 Å². The lowest BCUT2D eigenvalue weighted by atomic mass is 10.2. The van der Waals surface area contributed by atoms with Crippen LogP contribution in [0.1, 0.15) is 32.6 Å². The standard InChI is InChI=1S/C16H21N3S/c1-2-9-17-12-7-8-13(10-12)20-16-14-5-3-4-6-15(14)18-11-19-16/h3-6,11-13,17H,2,7-10H2,1H3. The van der Waals surface area contributed by atoms with Gasteiger partial charge in [-0.2, -0.15) is 0 Å². The summed E-state index contributed by atoms with van der Waals surface area (Å²) in [6.45, 7) is 3.36. The Morgan fingerprint density at radius 3 is 3.05 bits per heavy atom. The summed E-state index contributed by atoms with van der Waals surface area (Å²) < 4.78 is 0. The summed E-state index contributed by atoms with van der Waals surface area (Å²) in [4.78, 5) is 8.82. The van der Waals surface area contributed by atoms with Crippen molar-refractivity contribution in [3.63, 3.8) is 0 Å². The van der Waals surface area contributed by atoms with Crippen molar-refractivity contribution < 1.29 is 0 Å². The second kappa shape index (κ2) is 6.55. The van der Waals surface area contributed by atoms with E-state index < -0.39 is 0 Å². The molecule has 4 heteroatoms. The van der Waals surface area contributed by atoms with Crippen LogP contribution in [0.15, 0.2) is 35.6 Å². The van der Waals surface area contributed by atoms with E-state index in [1.165, 1.54) is 31.1 Å². The SMILES string of the molecule is CCCNC1CCC(Sc2ncnc3ccccc23)C1. The second-order valence-electron chi connectivity index (χ2n) is 5.40. The highest BCUT2D eigenvalue weighted by atomic mass is 32.2. The van der Waals surface area contributed by atoms with Gasteiger partial charge < -0.3 is 5.32 Å². The Morgan fingerprint density at radius 1 is 1.25 bits per heavy atom. The molecule has 1 aromatic carbocycles. The van der Waals surface area contributed by atoms with Crippen molar-refractivity contribution in [3.8, 4) is 0 Å². The number of fused-ring (bicyclic) bond motifs is 1. The van der Waals surface area contributed by atoms with Gasteiger partial charge in [0.1, 0.15) is 11.4 Å². The summed E-state index contributed by atoms with van der Waals surface area (Å²) in [5.41, 5.74) is 1.05. The van der Waals surface area contributed by atoms with Gasteiger partial charge in [-0.25, -0.2) is 9.97 Å². The molecule has 20 heavy (non-hydrogen) atoms. The van der Waals surface area contributed by atoms with E-state index >= 15 is 0 Å². The molecule has 2 atom stereocenters. The zero-order chi connectivity index (χ0) is 13.8. The Hall–Kier alpha value is -1.13. The molecule has 0 amide bonds. The Labute approximate surface area is 124 Å². The lowest BCUT2D eigenvalue weighted by molar-refractivity contribution is 0.524.